The molecule has 5 atom stereocenters. The summed E-state index contributed by atoms with van der Waals surface area (Å²) in [6.45, 7) is 6.66. The third-order valence-electron chi connectivity index (χ3n) is 4.47. The molecule has 0 aromatic carbocycles. The van der Waals surface area contributed by atoms with Gasteiger partial charge in [-0.1, -0.05) is 34.1 Å². The molecule has 10 nitrogen and oxygen atoms in total. The maximum atomic E-state index is 12.7. The highest BCUT2D eigenvalue weighted by Gasteiger charge is 2.31. The molecule has 0 heterocycles. The molecular weight excluding hydrogens is 400 g/mol. The number of hydrogen-bond acceptors (Lipinski definition) is 7. The van der Waals surface area contributed by atoms with Crippen molar-refractivity contribution in [3.63, 3.8) is 0 Å². The number of amides is 3. The molecule has 0 aromatic rings. The Morgan fingerprint density at radius 2 is 1.48 bits per heavy atom. The van der Waals surface area contributed by atoms with Gasteiger partial charge in [0.2, 0.25) is 17.7 Å². The first kappa shape index (κ1) is 27.1. The Morgan fingerprint density at radius 3 is 1.90 bits per heavy atom. The summed E-state index contributed by atoms with van der Waals surface area (Å²) in [5.41, 5.74) is 5.42. The molecule has 11 heteroatoms. The second kappa shape index (κ2) is 13.4. The lowest BCUT2D eigenvalue weighted by Crippen LogP contribution is -2.58. The van der Waals surface area contributed by atoms with Crippen LogP contribution in [0.5, 0.6) is 0 Å². The molecule has 7 N–H and O–H groups in total. The van der Waals surface area contributed by atoms with Crippen LogP contribution in [-0.4, -0.2) is 70.4 Å². The summed E-state index contributed by atoms with van der Waals surface area (Å²) in [6.07, 6.45) is 0.825. The molecular formula is C18H34N4O6S. The number of nitrogens with one attached hydrogen (secondary N) is 3. The van der Waals surface area contributed by atoms with Crippen molar-refractivity contribution in [2.75, 3.05) is 12.4 Å². The van der Waals surface area contributed by atoms with Gasteiger partial charge in [-0.2, -0.15) is 12.6 Å². The fraction of sp³-hybridized carbons (Fsp3) is 0.778. The van der Waals surface area contributed by atoms with Gasteiger partial charge in [-0.3, -0.25) is 14.4 Å². The fourth-order valence-electron chi connectivity index (χ4n) is 2.47. The van der Waals surface area contributed by atoms with Gasteiger partial charge >= 0.3 is 5.97 Å². The number of carbonyl (C=O) groups excluding carboxylic acids is 3. The number of nitrogens with two attached hydrogens (primary N) is 1. The SMILES string of the molecule is CCC(C)C(NC(=O)C(CC(C)C)NC(=O)C(CS)NC(=O)C(N)CO)C(=O)O. The van der Waals surface area contributed by atoms with Gasteiger partial charge in [0.25, 0.3) is 0 Å². The molecule has 0 aliphatic heterocycles. The number of thiol groups is 1. The minimum absolute atomic E-state index is 0.0322. The first-order chi connectivity index (χ1) is 13.5. The van der Waals surface area contributed by atoms with E-state index < -0.39 is 54.5 Å². The van der Waals surface area contributed by atoms with Gasteiger partial charge in [0.1, 0.15) is 24.2 Å². The number of rotatable bonds is 13. The summed E-state index contributed by atoms with van der Waals surface area (Å²) in [5, 5.41) is 25.7. The monoisotopic (exact) mass is 434 g/mol. The number of carbonyl (C=O) groups is 4. The van der Waals surface area contributed by atoms with Crippen LogP contribution in [0.4, 0.5) is 0 Å². The molecule has 0 rings (SSSR count). The maximum absolute atomic E-state index is 12.7. The van der Waals surface area contributed by atoms with Crippen LogP contribution in [-0.2, 0) is 19.2 Å². The summed E-state index contributed by atoms with van der Waals surface area (Å²) in [5.74, 6) is -3.47. The zero-order chi connectivity index (χ0) is 22.7. The van der Waals surface area contributed by atoms with Crippen LogP contribution in [0.1, 0.15) is 40.5 Å². The van der Waals surface area contributed by atoms with E-state index in [1.165, 1.54) is 0 Å². The Labute approximate surface area is 176 Å². The Morgan fingerprint density at radius 1 is 0.966 bits per heavy atom. The van der Waals surface area contributed by atoms with E-state index in [4.69, 9.17) is 10.8 Å². The summed E-state index contributed by atoms with van der Waals surface area (Å²) in [4.78, 5) is 48.5. The lowest BCUT2D eigenvalue weighted by molar-refractivity contribution is -0.144. The van der Waals surface area contributed by atoms with Crippen LogP contribution in [0.3, 0.4) is 0 Å². The summed E-state index contributed by atoms with van der Waals surface area (Å²) in [7, 11) is 0. The van der Waals surface area contributed by atoms with E-state index in [1.807, 2.05) is 20.8 Å². The molecule has 0 aliphatic carbocycles. The topological polar surface area (TPSA) is 171 Å². The average Bonchev–Trinajstić information content (AvgIpc) is 2.66. The molecule has 0 bridgehead atoms. The number of carboxylic acids is 1. The zero-order valence-corrected chi connectivity index (χ0v) is 18.2. The van der Waals surface area contributed by atoms with Crippen molar-refractivity contribution >= 4 is 36.3 Å². The molecule has 29 heavy (non-hydrogen) atoms. The third kappa shape index (κ3) is 9.46. The molecule has 0 fully saturated rings. The highest BCUT2D eigenvalue weighted by Crippen LogP contribution is 2.11. The first-order valence-corrected chi connectivity index (χ1v) is 10.2. The van der Waals surface area contributed by atoms with Crippen molar-refractivity contribution < 1.29 is 29.4 Å². The minimum Gasteiger partial charge on any atom is -0.480 e. The van der Waals surface area contributed by atoms with Gasteiger partial charge in [-0.25, -0.2) is 4.79 Å². The average molecular weight is 435 g/mol. The Bertz CT molecular complexity index is 575. The van der Waals surface area contributed by atoms with Crippen LogP contribution in [0.15, 0.2) is 0 Å². The highest BCUT2D eigenvalue weighted by molar-refractivity contribution is 7.80. The molecule has 0 spiro atoms. The van der Waals surface area contributed by atoms with E-state index in [0.717, 1.165) is 0 Å². The van der Waals surface area contributed by atoms with Crippen LogP contribution in [0.25, 0.3) is 0 Å². The van der Waals surface area contributed by atoms with E-state index >= 15 is 0 Å². The van der Waals surface area contributed by atoms with E-state index in [9.17, 15) is 24.3 Å². The maximum Gasteiger partial charge on any atom is 0.326 e. The van der Waals surface area contributed by atoms with E-state index in [-0.39, 0.29) is 24.0 Å². The Hall–Kier alpha value is -1.85. The highest BCUT2D eigenvalue weighted by atomic mass is 32.1. The quantitative estimate of drug-likeness (QED) is 0.180. The van der Waals surface area contributed by atoms with Crippen molar-refractivity contribution in [1.29, 1.82) is 0 Å². The molecule has 3 amide bonds. The van der Waals surface area contributed by atoms with Crippen molar-refractivity contribution in [2.24, 2.45) is 17.6 Å². The summed E-state index contributed by atoms with van der Waals surface area (Å²) in [6, 6.07) is -4.33. The number of carboxylic acid groups (broad SMARTS) is 1. The number of aliphatic hydroxyl groups excluding tert-OH is 1. The van der Waals surface area contributed by atoms with Crippen molar-refractivity contribution in [3.05, 3.63) is 0 Å². The van der Waals surface area contributed by atoms with Crippen molar-refractivity contribution in [2.45, 2.75) is 64.7 Å². The standard InChI is InChI=1S/C18H34N4O6S/c1-5-10(4)14(18(27)28)22-16(25)12(6-9(2)3)20-17(26)13(8-29)21-15(24)11(19)7-23/h9-14,23,29H,5-8,19H2,1-4H3,(H,20,26)(H,21,24)(H,22,25)(H,27,28). The lowest BCUT2D eigenvalue weighted by atomic mass is 9.97. The molecule has 5 unspecified atom stereocenters. The third-order valence-corrected chi connectivity index (χ3v) is 4.83. The number of aliphatic hydroxyl groups is 1. The Balaban J connectivity index is 5.30. The van der Waals surface area contributed by atoms with Crippen LogP contribution in [0, 0.1) is 11.8 Å². The van der Waals surface area contributed by atoms with Crippen molar-refractivity contribution in [1.82, 2.24) is 16.0 Å². The van der Waals surface area contributed by atoms with Gasteiger partial charge < -0.3 is 31.9 Å². The number of aliphatic carboxylic acids is 1. The van der Waals surface area contributed by atoms with Gasteiger partial charge in [-0.15, -0.1) is 0 Å². The van der Waals surface area contributed by atoms with Gasteiger partial charge in [-0.05, 0) is 18.3 Å². The molecule has 168 valence electrons. The van der Waals surface area contributed by atoms with E-state index in [1.54, 1.807) is 6.92 Å². The fourth-order valence-corrected chi connectivity index (χ4v) is 2.73. The summed E-state index contributed by atoms with van der Waals surface area (Å²) >= 11 is 4.04. The van der Waals surface area contributed by atoms with Gasteiger partial charge in [0, 0.05) is 5.75 Å². The smallest absolute Gasteiger partial charge is 0.326 e. The second-order valence-electron chi connectivity index (χ2n) is 7.43. The molecule has 0 aromatic heterocycles. The van der Waals surface area contributed by atoms with Gasteiger partial charge in [0.05, 0.1) is 6.61 Å². The molecule has 0 saturated heterocycles. The lowest BCUT2D eigenvalue weighted by Gasteiger charge is -2.27. The normalized spacial score (nSPS) is 16.3. The molecule has 0 aliphatic rings. The van der Waals surface area contributed by atoms with Gasteiger partial charge in [0.15, 0.2) is 0 Å². The predicted molar refractivity (Wildman–Crippen MR) is 111 cm³/mol. The van der Waals surface area contributed by atoms with Crippen LogP contribution < -0.4 is 21.7 Å². The van der Waals surface area contributed by atoms with E-state index in [0.29, 0.717) is 6.42 Å². The Kier molecular flexibility index (Phi) is 12.5. The molecule has 0 saturated carbocycles. The first-order valence-electron chi connectivity index (χ1n) is 9.59. The van der Waals surface area contributed by atoms with Crippen LogP contribution >= 0.6 is 12.6 Å². The molecule has 0 radical (unpaired) electrons. The van der Waals surface area contributed by atoms with Crippen molar-refractivity contribution in [3.8, 4) is 0 Å². The van der Waals surface area contributed by atoms with E-state index in [2.05, 4.69) is 28.6 Å². The largest absolute Gasteiger partial charge is 0.480 e. The second-order valence-corrected chi connectivity index (χ2v) is 7.80. The predicted octanol–water partition coefficient (Wildman–Crippen LogP) is -1.13. The van der Waals surface area contributed by atoms with Crippen LogP contribution in [0.2, 0.25) is 0 Å². The minimum atomic E-state index is -1.19. The summed E-state index contributed by atoms with van der Waals surface area (Å²) < 4.78 is 0. The zero-order valence-electron chi connectivity index (χ0n) is 17.3. The number of hydrogen-bond donors (Lipinski definition) is 7.